The van der Waals surface area contributed by atoms with Gasteiger partial charge in [0.15, 0.2) is 11.5 Å². The van der Waals surface area contributed by atoms with Gasteiger partial charge in [0.25, 0.3) is 0 Å². The normalized spacial score (nSPS) is 10.4. The summed E-state index contributed by atoms with van der Waals surface area (Å²) < 4.78 is 5.67. The average molecular weight is 276 g/mol. The summed E-state index contributed by atoms with van der Waals surface area (Å²) in [6.45, 7) is 2.35. The molecule has 0 aliphatic carbocycles. The topological polar surface area (TPSA) is 64.7 Å². The fourth-order valence-corrected chi connectivity index (χ4v) is 2.11. The molecule has 3 N–H and O–H groups in total. The molecule has 0 saturated carbocycles. The highest BCUT2D eigenvalue weighted by molar-refractivity contribution is 9.10. The minimum Gasteiger partial charge on any atom is -0.503 e. The number of aryl methyl sites for hydroxylation is 1. The van der Waals surface area contributed by atoms with E-state index in [2.05, 4.69) is 20.8 Å². The van der Waals surface area contributed by atoms with Crippen molar-refractivity contribution in [3.05, 3.63) is 21.7 Å². The maximum absolute atomic E-state index is 9.76. The lowest BCUT2D eigenvalue weighted by Gasteiger charge is -2.12. The zero-order valence-electron chi connectivity index (χ0n) is 8.71. The molecule has 0 aromatic heterocycles. The standard InChI is InChI=1S/C10H14BrNO3/c1-6-5-8(14-2)10(13)9(11)7(6)3-4-15-12/h5,13H,3-4,12H2,1-2H3. The molecule has 1 aromatic carbocycles. The number of benzene rings is 1. The lowest BCUT2D eigenvalue weighted by atomic mass is 10.1. The van der Waals surface area contributed by atoms with Crippen molar-refractivity contribution in [2.24, 2.45) is 5.90 Å². The molecule has 4 nitrogen and oxygen atoms in total. The molecule has 0 unspecified atom stereocenters. The maximum atomic E-state index is 9.76. The third-order valence-corrected chi connectivity index (χ3v) is 3.07. The van der Waals surface area contributed by atoms with Crippen LogP contribution >= 0.6 is 15.9 Å². The quantitative estimate of drug-likeness (QED) is 0.824. The van der Waals surface area contributed by atoms with Crippen molar-refractivity contribution >= 4 is 15.9 Å². The molecular formula is C10H14BrNO3. The second-order valence-electron chi connectivity index (χ2n) is 3.16. The highest BCUT2D eigenvalue weighted by Gasteiger charge is 2.13. The Morgan fingerprint density at radius 2 is 2.20 bits per heavy atom. The fourth-order valence-electron chi connectivity index (χ4n) is 1.40. The van der Waals surface area contributed by atoms with Crippen LogP contribution in [0.2, 0.25) is 0 Å². The van der Waals surface area contributed by atoms with Gasteiger partial charge in [0.2, 0.25) is 0 Å². The Balaban J connectivity index is 3.11. The van der Waals surface area contributed by atoms with E-state index >= 15 is 0 Å². The van der Waals surface area contributed by atoms with Gasteiger partial charge in [0.1, 0.15) is 0 Å². The number of ether oxygens (including phenoxy) is 1. The monoisotopic (exact) mass is 275 g/mol. The minimum absolute atomic E-state index is 0.107. The summed E-state index contributed by atoms with van der Waals surface area (Å²) in [5.41, 5.74) is 1.99. The number of aromatic hydroxyl groups is 1. The Kier molecular flexibility index (Phi) is 4.38. The van der Waals surface area contributed by atoms with Gasteiger partial charge in [-0.2, -0.15) is 0 Å². The Bertz CT molecular complexity index is 355. The fraction of sp³-hybridized carbons (Fsp3) is 0.400. The Hall–Kier alpha value is -0.780. The lowest BCUT2D eigenvalue weighted by molar-refractivity contribution is 0.141. The number of methoxy groups -OCH3 is 1. The Morgan fingerprint density at radius 1 is 1.53 bits per heavy atom. The van der Waals surface area contributed by atoms with Gasteiger partial charge in [-0.05, 0) is 46.5 Å². The van der Waals surface area contributed by atoms with Gasteiger partial charge < -0.3 is 14.7 Å². The molecule has 84 valence electrons. The molecule has 15 heavy (non-hydrogen) atoms. The van der Waals surface area contributed by atoms with E-state index in [1.807, 2.05) is 6.92 Å². The largest absolute Gasteiger partial charge is 0.503 e. The maximum Gasteiger partial charge on any atom is 0.172 e. The van der Waals surface area contributed by atoms with E-state index in [0.29, 0.717) is 23.2 Å². The van der Waals surface area contributed by atoms with Gasteiger partial charge >= 0.3 is 0 Å². The van der Waals surface area contributed by atoms with Crippen molar-refractivity contribution in [1.82, 2.24) is 0 Å². The van der Waals surface area contributed by atoms with Crippen LogP contribution in [-0.2, 0) is 11.3 Å². The summed E-state index contributed by atoms with van der Waals surface area (Å²) >= 11 is 3.33. The first-order valence-corrected chi connectivity index (χ1v) is 5.27. The van der Waals surface area contributed by atoms with Crippen LogP contribution in [0.1, 0.15) is 11.1 Å². The Labute approximate surface area is 97.1 Å². The number of phenols is 1. The second-order valence-corrected chi connectivity index (χ2v) is 3.95. The number of nitrogens with two attached hydrogens (primary N) is 1. The van der Waals surface area contributed by atoms with Crippen molar-refractivity contribution in [2.45, 2.75) is 13.3 Å². The molecule has 0 heterocycles. The molecule has 0 spiro atoms. The zero-order chi connectivity index (χ0) is 11.4. The van der Waals surface area contributed by atoms with E-state index < -0.39 is 0 Å². The third kappa shape index (κ3) is 2.62. The molecule has 0 saturated heterocycles. The predicted molar refractivity (Wildman–Crippen MR) is 60.9 cm³/mol. The summed E-state index contributed by atoms with van der Waals surface area (Å²) in [4.78, 5) is 4.52. The van der Waals surface area contributed by atoms with Crippen LogP contribution in [0.5, 0.6) is 11.5 Å². The summed E-state index contributed by atoms with van der Waals surface area (Å²) in [5, 5.41) is 9.76. The van der Waals surface area contributed by atoms with Crippen LogP contribution in [0.3, 0.4) is 0 Å². The highest BCUT2D eigenvalue weighted by Crippen LogP contribution is 2.38. The van der Waals surface area contributed by atoms with Gasteiger partial charge in [0.05, 0.1) is 18.2 Å². The number of phenolic OH excluding ortho intramolecular Hbond substituents is 1. The van der Waals surface area contributed by atoms with Crippen LogP contribution < -0.4 is 10.6 Å². The van der Waals surface area contributed by atoms with Crippen molar-refractivity contribution in [3.8, 4) is 11.5 Å². The van der Waals surface area contributed by atoms with E-state index in [9.17, 15) is 5.11 Å². The van der Waals surface area contributed by atoms with E-state index in [0.717, 1.165) is 11.1 Å². The minimum atomic E-state index is 0.107. The van der Waals surface area contributed by atoms with E-state index in [4.69, 9.17) is 10.6 Å². The van der Waals surface area contributed by atoms with Crippen LogP contribution in [0, 0.1) is 6.92 Å². The highest BCUT2D eigenvalue weighted by atomic mass is 79.9. The van der Waals surface area contributed by atoms with Gasteiger partial charge in [-0.3, -0.25) is 0 Å². The first-order valence-electron chi connectivity index (χ1n) is 4.48. The molecule has 1 aromatic rings. The van der Waals surface area contributed by atoms with E-state index in [-0.39, 0.29) is 5.75 Å². The molecule has 5 heteroatoms. The smallest absolute Gasteiger partial charge is 0.172 e. The molecule has 0 atom stereocenters. The number of rotatable bonds is 4. The van der Waals surface area contributed by atoms with Crippen molar-refractivity contribution in [1.29, 1.82) is 0 Å². The van der Waals surface area contributed by atoms with Crippen molar-refractivity contribution in [3.63, 3.8) is 0 Å². The van der Waals surface area contributed by atoms with Crippen LogP contribution in [0.4, 0.5) is 0 Å². The lowest BCUT2D eigenvalue weighted by Crippen LogP contribution is -2.05. The molecule has 0 aliphatic heterocycles. The predicted octanol–water partition coefficient (Wildman–Crippen LogP) is 1.90. The van der Waals surface area contributed by atoms with Gasteiger partial charge in [-0.15, -0.1) is 0 Å². The first-order chi connectivity index (χ1) is 7.11. The molecule has 0 bridgehead atoms. The second kappa shape index (κ2) is 5.34. The summed E-state index contributed by atoms with van der Waals surface area (Å²) in [7, 11) is 1.52. The molecule has 1 rings (SSSR count). The van der Waals surface area contributed by atoms with Crippen LogP contribution in [-0.4, -0.2) is 18.8 Å². The van der Waals surface area contributed by atoms with Crippen LogP contribution in [0.15, 0.2) is 10.5 Å². The van der Waals surface area contributed by atoms with E-state index in [1.54, 1.807) is 6.07 Å². The van der Waals surface area contributed by atoms with Crippen molar-refractivity contribution < 1.29 is 14.7 Å². The first kappa shape index (κ1) is 12.3. The van der Waals surface area contributed by atoms with E-state index in [1.165, 1.54) is 7.11 Å². The SMILES string of the molecule is COc1cc(C)c(CCON)c(Br)c1O. The molecule has 0 aliphatic rings. The van der Waals surface area contributed by atoms with Crippen LogP contribution in [0.25, 0.3) is 0 Å². The van der Waals surface area contributed by atoms with Gasteiger partial charge in [0, 0.05) is 0 Å². The van der Waals surface area contributed by atoms with Crippen molar-refractivity contribution in [2.75, 3.05) is 13.7 Å². The summed E-state index contributed by atoms with van der Waals surface area (Å²) in [6.07, 6.45) is 0.639. The third-order valence-electron chi connectivity index (χ3n) is 2.22. The number of halogens is 1. The molecular weight excluding hydrogens is 262 g/mol. The Morgan fingerprint density at radius 3 is 2.73 bits per heavy atom. The molecule has 0 fully saturated rings. The summed E-state index contributed by atoms with van der Waals surface area (Å²) in [6, 6.07) is 1.78. The average Bonchev–Trinajstić information content (AvgIpc) is 2.23. The van der Waals surface area contributed by atoms with Gasteiger partial charge in [-0.1, -0.05) is 0 Å². The molecule has 0 amide bonds. The number of hydrogen-bond donors (Lipinski definition) is 2. The number of hydrogen-bond acceptors (Lipinski definition) is 4. The zero-order valence-corrected chi connectivity index (χ0v) is 10.3. The summed E-state index contributed by atoms with van der Waals surface area (Å²) in [5.74, 6) is 5.53. The molecule has 0 radical (unpaired) electrons. The van der Waals surface area contributed by atoms with Gasteiger partial charge in [-0.25, -0.2) is 5.90 Å².